The normalized spacial score (nSPS) is 19.1. The van der Waals surface area contributed by atoms with Crippen LogP contribution < -0.4 is 5.32 Å². The zero-order valence-corrected chi connectivity index (χ0v) is 12.0. The molecule has 0 bridgehead atoms. The Balaban J connectivity index is 2.02. The van der Waals surface area contributed by atoms with E-state index in [1.165, 1.54) is 45.1 Å². The lowest BCUT2D eigenvalue weighted by atomic mass is 10.1. The molecule has 3 nitrogen and oxygen atoms in total. The van der Waals surface area contributed by atoms with Gasteiger partial charge in [0.2, 0.25) is 0 Å². The number of unbranched alkanes of at least 4 members (excludes halogenated alkanes) is 5. The third-order valence-electron chi connectivity index (χ3n) is 3.59. The smallest absolute Gasteiger partial charge is 0.0532 e. The average molecular weight is 241 g/mol. The number of nitrogens with one attached hydrogen (secondary N) is 1. The molecule has 0 saturated carbocycles. The van der Waals surface area contributed by atoms with Gasteiger partial charge in [0.25, 0.3) is 0 Å². The van der Waals surface area contributed by atoms with Crippen LogP contribution in [-0.4, -0.2) is 42.4 Å². The highest BCUT2D eigenvalue weighted by Crippen LogP contribution is 2.08. The van der Waals surface area contributed by atoms with Crippen molar-refractivity contribution in [2.24, 2.45) is 0 Å². The fourth-order valence-corrected chi connectivity index (χ4v) is 2.32. The van der Waals surface area contributed by atoms with Crippen molar-refractivity contribution in [1.29, 1.82) is 0 Å². The van der Waals surface area contributed by atoms with Gasteiger partial charge in [0, 0.05) is 12.6 Å². The molecule has 3 heteroatoms. The lowest BCUT2D eigenvalue weighted by Gasteiger charge is -2.38. The van der Waals surface area contributed by atoms with Crippen molar-refractivity contribution in [2.45, 2.75) is 65.3 Å². The molecule has 17 heavy (non-hydrogen) atoms. The van der Waals surface area contributed by atoms with Crippen LogP contribution in [0.15, 0.2) is 0 Å². The summed E-state index contributed by atoms with van der Waals surface area (Å²) in [5, 5.41) is 3.48. The van der Waals surface area contributed by atoms with Crippen LogP contribution in [-0.2, 0) is 0 Å². The van der Waals surface area contributed by atoms with E-state index >= 15 is 0 Å². The second-order valence-corrected chi connectivity index (χ2v) is 5.55. The molecule has 1 fully saturated rings. The fourth-order valence-electron chi connectivity index (χ4n) is 2.32. The van der Waals surface area contributed by atoms with Crippen LogP contribution in [0.2, 0.25) is 0 Å². The number of hydrogen-bond acceptors (Lipinski definition) is 3. The third kappa shape index (κ3) is 6.39. The minimum absolute atomic E-state index is 0.648. The Labute approximate surface area is 108 Å². The van der Waals surface area contributed by atoms with E-state index in [9.17, 15) is 0 Å². The zero-order chi connectivity index (χ0) is 12.5. The van der Waals surface area contributed by atoms with Crippen molar-refractivity contribution < 1.29 is 0 Å². The van der Waals surface area contributed by atoms with Crippen LogP contribution in [0.3, 0.4) is 0 Å². The first kappa shape index (κ1) is 14.9. The summed E-state index contributed by atoms with van der Waals surface area (Å²) in [5.41, 5.74) is 0. The Kier molecular flexibility index (Phi) is 7.82. The van der Waals surface area contributed by atoms with Crippen molar-refractivity contribution >= 4 is 0 Å². The highest BCUT2D eigenvalue weighted by molar-refractivity contribution is 4.68. The Hall–Kier alpha value is -0.120. The van der Waals surface area contributed by atoms with Gasteiger partial charge in [0.1, 0.15) is 0 Å². The van der Waals surface area contributed by atoms with Gasteiger partial charge in [-0.25, -0.2) is 0 Å². The fraction of sp³-hybridized carbons (Fsp3) is 1.00. The number of hydrogen-bond donors (Lipinski definition) is 1. The topological polar surface area (TPSA) is 18.5 Å². The van der Waals surface area contributed by atoms with Gasteiger partial charge in [-0.3, -0.25) is 15.1 Å². The molecule has 102 valence electrons. The average Bonchev–Trinajstić information content (AvgIpc) is 2.34. The summed E-state index contributed by atoms with van der Waals surface area (Å²) < 4.78 is 0. The van der Waals surface area contributed by atoms with Gasteiger partial charge >= 0.3 is 0 Å². The van der Waals surface area contributed by atoms with E-state index in [4.69, 9.17) is 0 Å². The van der Waals surface area contributed by atoms with Crippen LogP contribution in [0.25, 0.3) is 0 Å². The maximum Gasteiger partial charge on any atom is 0.0532 e. The molecule has 1 heterocycles. The molecule has 0 spiro atoms. The van der Waals surface area contributed by atoms with E-state index < -0.39 is 0 Å². The molecular formula is C14H31N3. The lowest BCUT2D eigenvalue weighted by Crippen LogP contribution is -2.55. The number of nitrogens with zero attached hydrogens (tertiary/aromatic N) is 2. The Morgan fingerprint density at radius 1 is 1.00 bits per heavy atom. The Bertz CT molecular complexity index is 182. The molecule has 1 aliphatic heterocycles. The zero-order valence-electron chi connectivity index (χ0n) is 12.0. The third-order valence-corrected chi connectivity index (χ3v) is 3.59. The van der Waals surface area contributed by atoms with Crippen LogP contribution in [0.5, 0.6) is 0 Å². The number of rotatable bonds is 8. The second kappa shape index (κ2) is 8.90. The molecule has 0 unspecified atom stereocenters. The van der Waals surface area contributed by atoms with Gasteiger partial charge in [-0.15, -0.1) is 0 Å². The first-order chi connectivity index (χ1) is 8.24. The van der Waals surface area contributed by atoms with Crippen LogP contribution in [0.1, 0.15) is 59.3 Å². The van der Waals surface area contributed by atoms with Gasteiger partial charge in [0.05, 0.1) is 20.0 Å². The van der Waals surface area contributed by atoms with Crippen LogP contribution in [0.4, 0.5) is 0 Å². The lowest BCUT2D eigenvalue weighted by molar-refractivity contribution is 0.0430. The molecular weight excluding hydrogens is 210 g/mol. The van der Waals surface area contributed by atoms with Gasteiger partial charge in [0.15, 0.2) is 0 Å². The summed E-state index contributed by atoms with van der Waals surface area (Å²) >= 11 is 0. The van der Waals surface area contributed by atoms with E-state index in [-0.39, 0.29) is 0 Å². The Morgan fingerprint density at radius 3 is 2.41 bits per heavy atom. The molecule has 0 amide bonds. The van der Waals surface area contributed by atoms with Gasteiger partial charge in [-0.1, -0.05) is 39.0 Å². The molecule has 1 N–H and O–H groups in total. The second-order valence-electron chi connectivity index (χ2n) is 5.55. The maximum atomic E-state index is 3.48. The summed E-state index contributed by atoms with van der Waals surface area (Å²) in [7, 11) is 0. The van der Waals surface area contributed by atoms with Crippen molar-refractivity contribution in [3.63, 3.8) is 0 Å². The van der Waals surface area contributed by atoms with Crippen LogP contribution >= 0.6 is 0 Å². The van der Waals surface area contributed by atoms with Crippen molar-refractivity contribution in [1.82, 2.24) is 15.1 Å². The van der Waals surface area contributed by atoms with Gasteiger partial charge in [-0.05, 0) is 20.3 Å². The summed E-state index contributed by atoms with van der Waals surface area (Å²) in [6.07, 6.45) is 8.36. The standard InChI is InChI=1S/C14H31N3/c1-4-5-6-7-8-9-10-16-11-15-12-17(13-16)14(2)3/h14-15H,4-13H2,1-3H3. The maximum absolute atomic E-state index is 3.48. The van der Waals surface area contributed by atoms with Crippen molar-refractivity contribution in [2.75, 3.05) is 26.6 Å². The Morgan fingerprint density at radius 2 is 1.71 bits per heavy atom. The summed E-state index contributed by atoms with van der Waals surface area (Å²) in [6, 6.07) is 0.648. The van der Waals surface area contributed by atoms with Crippen molar-refractivity contribution in [3.05, 3.63) is 0 Å². The highest BCUT2D eigenvalue weighted by atomic mass is 15.4. The predicted molar refractivity (Wildman–Crippen MR) is 74.8 cm³/mol. The molecule has 0 aromatic heterocycles. The molecule has 1 aliphatic rings. The van der Waals surface area contributed by atoms with Crippen LogP contribution in [0, 0.1) is 0 Å². The molecule has 0 aromatic rings. The highest BCUT2D eigenvalue weighted by Gasteiger charge is 2.17. The summed E-state index contributed by atoms with van der Waals surface area (Å²) in [4.78, 5) is 5.02. The molecule has 0 aliphatic carbocycles. The van der Waals surface area contributed by atoms with E-state index in [1.54, 1.807) is 0 Å². The predicted octanol–water partition coefficient (Wildman–Crippen LogP) is 2.84. The molecule has 1 rings (SSSR count). The van der Waals surface area contributed by atoms with E-state index in [1.807, 2.05) is 0 Å². The minimum Gasteiger partial charge on any atom is -0.291 e. The summed E-state index contributed by atoms with van der Waals surface area (Å²) in [5.74, 6) is 0. The monoisotopic (exact) mass is 241 g/mol. The SMILES string of the molecule is CCCCCCCCN1CNCN(C(C)C)C1. The quantitative estimate of drug-likeness (QED) is 0.659. The largest absolute Gasteiger partial charge is 0.291 e. The first-order valence-electron chi connectivity index (χ1n) is 7.41. The molecule has 1 saturated heterocycles. The molecule has 0 aromatic carbocycles. The van der Waals surface area contributed by atoms with Gasteiger partial charge < -0.3 is 0 Å². The molecule has 0 atom stereocenters. The van der Waals surface area contributed by atoms with E-state index in [0.717, 1.165) is 20.0 Å². The molecule has 0 radical (unpaired) electrons. The first-order valence-corrected chi connectivity index (χ1v) is 7.41. The van der Waals surface area contributed by atoms with E-state index in [0.29, 0.717) is 6.04 Å². The van der Waals surface area contributed by atoms with Crippen molar-refractivity contribution in [3.8, 4) is 0 Å². The summed E-state index contributed by atoms with van der Waals surface area (Å²) in [6.45, 7) is 11.3. The van der Waals surface area contributed by atoms with E-state index in [2.05, 4.69) is 35.9 Å². The van der Waals surface area contributed by atoms with Gasteiger partial charge in [-0.2, -0.15) is 0 Å². The minimum atomic E-state index is 0.648.